The van der Waals surface area contributed by atoms with Gasteiger partial charge in [-0.3, -0.25) is 9.59 Å². The van der Waals surface area contributed by atoms with E-state index in [1.54, 1.807) is 0 Å². The minimum atomic E-state index is -0.754. The Kier molecular flexibility index (Phi) is 6.26. The van der Waals surface area contributed by atoms with E-state index in [2.05, 4.69) is 15.9 Å². The maximum absolute atomic E-state index is 12.3. The SMILES string of the molecule is O=C(O)CC1CCN(C(=O)CCc2cc(Cl)ccc2Br)CC1. The fourth-order valence-corrected chi connectivity index (χ4v) is 3.41. The van der Waals surface area contributed by atoms with Crippen molar-refractivity contribution in [2.75, 3.05) is 13.1 Å². The molecule has 0 radical (unpaired) electrons. The lowest BCUT2D eigenvalue weighted by molar-refractivity contribution is -0.138. The highest BCUT2D eigenvalue weighted by molar-refractivity contribution is 9.10. The lowest BCUT2D eigenvalue weighted by Gasteiger charge is -2.31. The average molecular weight is 389 g/mol. The van der Waals surface area contributed by atoms with Gasteiger partial charge < -0.3 is 10.0 Å². The second-order valence-electron chi connectivity index (χ2n) is 5.66. The summed E-state index contributed by atoms with van der Waals surface area (Å²) in [6, 6.07) is 5.57. The summed E-state index contributed by atoms with van der Waals surface area (Å²) in [5.41, 5.74) is 1.03. The van der Waals surface area contributed by atoms with E-state index in [-0.39, 0.29) is 18.2 Å². The second kappa shape index (κ2) is 7.97. The van der Waals surface area contributed by atoms with Crippen LogP contribution in [0, 0.1) is 5.92 Å². The molecule has 0 atom stereocenters. The lowest BCUT2D eigenvalue weighted by Crippen LogP contribution is -2.39. The van der Waals surface area contributed by atoms with Crippen LogP contribution in [0.5, 0.6) is 0 Å². The largest absolute Gasteiger partial charge is 0.481 e. The third kappa shape index (κ3) is 4.99. The number of carboxylic acid groups (broad SMARTS) is 1. The summed E-state index contributed by atoms with van der Waals surface area (Å²) in [5, 5.41) is 9.47. The van der Waals surface area contributed by atoms with Gasteiger partial charge in [-0.15, -0.1) is 0 Å². The highest BCUT2D eigenvalue weighted by atomic mass is 79.9. The molecule has 1 aromatic carbocycles. The van der Waals surface area contributed by atoms with Crippen LogP contribution in [0.15, 0.2) is 22.7 Å². The molecule has 1 fully saturated rings. The van der Waals surface area contributed by atoms with E-state index < -0.39 is 5.97 Å². The Balaban J connectivity index is 1.81. The third-order valence-corrected chi connectivity index (χ3v) is 5.06. The zero-order chi connectivity index (χ0) is 16.1. The van der Waals surface area contributed by atoms with Gasteiger partial charge in [0.25, 0.3) is 0 Å². The molecular weight excluding hydrogens is 370 g/mol. The van der Waals surface area contributed by atoms with E-state index in [1.807, 2.05) is 23.1 Å². The summed E-state index contributed by atoms with van der Waals surface area (Å²) in [6.07, 6.45) is 2.85. The molecule has 0 bridgehead atoms. The molecule has 1 amide bonds. The molecule has 2 rings (SSSR count). The van der Waals surface area contributed by atoms with Crippen molar-refractivity contribution < 1.29 is 14.7 Å². The summed E-state index contributed by atoms with van der Waals surface area (Å²) in [4.78, 5) is 24.8. The number of hydrogen-bond acceptors (Lipinski definition) is 2. The third-order valence-electron chi connectivity index (χ3n) is 4.05. The van der Waals surface area contributed by atoms with Gasteiger partial charge in [-0.05, 0) is 48.9 Å². The van der Waals surface area contributed by atoms with E-state index in [9.17, 15) is 9.59 Å². The van der Waals surface area contributed by atoms with E-state index in [0.29, 0.717) is 31.0 Å². The van der Waals surface area contributed by atoms with Crippen molar-refractivity contribution in [2.24, 2.45) is 5.92 Å². The molecule has 1 saturated heterocycles. The number of aryl methyl sites for hydroxylation is 1. The van der Waals surface area contributed by atoms with E-state index in [4.69, 9.17) is 16.7 Å². The van der Waals surface area contributed by atoms with Gasteiger partial charge in [0.1, 0.15) is 0 Å². The van der Waals surface area contributed by atoms with Crippen LogP contribution in [0.4, 0.5) is 0 Å². The molecule has 6 heteroatoms. The van der Waals surface area contributed by atoms with Crippen molar-refractivity contribution in [3.8, 4) is 0 Å². The first-order chi connectivity index (χ1) is 10.5. The molecule has 0 aromatic heterocycles. The number of halogens is 2. The maximum atomic E-state index is 12.3. The van der Waals surface area contributed by atoms with Crippen LogP contribution in [-0.2, 0) is 16.0 Å². The van der Waals surface area contributed by atoms with Crippen molar-refractivity contribution in [3.05, 3.63) is 33.3 Å². The van der Waals surface area contributed by atoms with E-state index >= 15 is 0 Å². The number of aliphatic carboxylic acids is 1. The highest BCUT2D eigenvalue weighted by Crippen LogP contribution is 2.24. The number of rotatable bonds is 5. The molecule has 0 unspecified atom stereocenters. The van der Waals surface area contributed by atoms with Crippen molar-refractivity contribution in [3.63, 3.8) is 0 Å². The van der Waals surface area contributed by atoms with Crippen molar-refractivity contribution in [1.29, 1.82) is 0 Å². The Morgan fingerprint density at radius 3 is 2.64 bits per heavy atom. The molecule has 4 nitrogen and oxygen atoms in total. The van der Waals surface area contributed by atoms with Crippen LogP contribution in [0.1, 0.15) is 31.2 Å². The lowest BCUT2D eigenvalue weighted by atomic mass is 9.93. The number of piperidine rings is 1. The van der Waals surface area contributed by atoms with Crippen molar-refractivity contribution >= 4 is 39.4 Å². The van der Waals surface area contributed by atoms with Gasteiger partial charge in [-0.2, -0.15) is 0 Å². The molecule has 0 aliphatic carbocycles. The van der Waals surface area contributed by atoms with Crippen LogP contribution in [0.2, 0.25) is 5.02 Å². The van der Waals surface area contributed by atoms with Gasteiger partial charge >= 0.3 is 5.97 Å². The Morgan fingerprint density at radius 1 is 1.32 bits per heavy atom. The smallest absolute Gasteiger partial charge is 0.303 e. The molecule has 1 aromatic rings. The van der Waals surface area contributed by atoms with Gasteiger partial charge in [-0.1, -0.05) is 27.5 Å². The van der Waals surface area contributed by atoms with E-state index in [1.165, 1.54) is 0 Å². The Morgan fingerprint density at radius 2 is 2.00 bits per heavy atom. The summed E-state index contributed by atoms with van der Waals surface area (Å²) in [5.74, 6) is -0.431. The molecule has 1 N–H and O–H groups in total. The number of carbonyl (C=O) groups excluding carboxylic acids is 1. The predicted octanol–water partition coefficient (Wildman–Crippen LogP) is 3.75. The van der Waals surface area contributed by atoms with Crippen LogP contribution >= 0.6 is 27.5 Å². The van der Waals surface area contributed by atoms with Crippen LogP contribution in [-0.4, -0.2) is 35.0 Å². The zero-order valence-electron chi connectivity index (χ0n) is 12.2. The number of carbonyl (C=O) groups is 2. The van der Waals surface area contributed by atoms with Gasteiger partial charge in [0.05, 0.1) is 0 Å². The number of benzene rings is 1. The molecule has 22 heavy (non-hydrogen) atoms. The first-order valence-corrected chi connectivity index (χ1v) is 8.56. The number of amides is 1. The zero-order valence-corrected chi connectivity index (χ0v) is 14.6. The summed E-state index contributed by atoms with van der Waals surface area (Å²) >= 11 is 9.44. The quantitative estimate of drug-likeness (QED) is 0.836. The Bertz CT molecular complexity index is 556. The number of carboxylic acids is 1. The molecule has 0 saturated carbocycles. The average Bonchev–Trinajstić information content (AvgIpc) is 2.48. The van der Waals surface area contributed by atoms with E-state index in [0.717, 1.165) is 22.9 Å². The fraction of sp³-hybridized carbons (Fsp3) is 0.500. The summed E-state index contributed by atoms with van der Waals surface area (Å²) < 4.78 is 0.963. The number of likely N-dealkylation sites (tertiary alicyclic amines) is 1. The molecule has 1 heterocycles. The van der Waals surface area contributed by atoms with Gasteiger partial charge in [0.15, 0.2) is 0 Å². The topological polar surface area (TPSA) is 57.6 Å². The van der Waals surface area contributed by atoms with Crippen molar-refractivity contribution in [2.45, 2.75) is 32.1 Å². The standard InChI is InChI=1S/C16H19BrClNO3/c17-14-3-2-13(18)10-12(14)1-4-15(20)19-7-5-11(6-8-19)9-16(21)22/h2-3,10-11H,1,4-9H2,(H,21,22). The normalized spacial score (nSPS) is 15.8. The van der Waals surface area contributed by atoms with Crippen LogP contribution < -0.4 is 0 Å². The van der Waals surface area contributed by atoms with Crippen LogP contribution in [0.25, 0.3) is 0 Å². The highest BCUT2D eigenvalue weighted by Gasteiger charge is 2.24. The van der Waals surface area contributed by atoms with Crippen molar-refractivity contribution in [1.82, 2.24) is 4.90 Å². The van der Waals surface area contributed by atoms with Crippen LogP contribution in [0.3, 0.4) is 0 Å². The molecule has 1 aliphatic heterocycles. The Hall–Kier alpha value is -1.07. The first-order valence-electron chi connectivity index (χ1n) is 7.39. The number of hydrogen-bond donors (Lipinski definition) is 1. The minimum Gasteiger partial charge on any atom is -0.481 e. The Labute approximate surface area is 143 Å². The minimum absolute atomic E-state index is 0.126. The fourth-order valence-electron chi connectivity index (χ4n) is 2.77. The molecule has 1 aliphatic rings. The van der Waals surface area contributed by atoms with Gasteiger partial charge in [-0.25, -0.2) is 0 Å². The summed E-state index contributed by atoms with van der Waals surface area (Å²) in [7, 11) is 0. The molecular formula is C16H19BrClNO3. The maximum Gasteiger partial charge on any atom is 0.303 e. The number of nitrogens with zero attached hydrogens (tertiary/aromatic N) is 1. The van der Waals surface area contributed by atoms with Gasteiger partial charge in [0.2, 0.25) is 5.91 Å². The van der Waals surface area contributed by atoms with Gasteiger partial charge in [0, 0.05) is 35.4 Å². The monoisotopic (exact) mass is 387 g/mol. The summed E-state index contributed by atoms with van der Waals surface area (Å²) in [6.45, 7) is 1.32. The molecule has 120 valence electrons. The molecule has 0 spiro atoms. The predicted molar refractivity (Wildman–Crippen MR) is 89.0 cm³/mol. The first kappa shape index (κ1) is 17.3. The second-order valence-corrected chi connectivity index (χ2v) is 6.95.